The summed E-state index contributed by atoms with van der Waals surface area (Å²) >= 11 is 18.7. The van der Waals surface area contributed by atoms with Gasteiger partial charge in [-0.05, 0) is 47.8 Å². The van der Waals surface area contributed by atoms with E-state index >= 15 is 0 Å². The first-order valence-corrected chi connectivity index (χ1v) is 10.9. The highest BCUT2D eigenvalue weighted by Crippen LogP contribution is 2.29. The summed E-state index contributed by atoms with van der Waals surface area (Å²) in [4.78, 5) is 12.7. The maximum Gasteiger partial charge on any atom is 0.267 e. The standard InChI is InChI=1S/C17H11Cl3N2O3S2/c18-10-2-1-3-11(8-10)21-17(23)16-15(6-7-26-16)22-27(24,25)12-4-5-13(19)14(20)9-12/h1-9,22H,(H,21,23). The minimum absolute atomic E-state index is 0.0655. The summed E-state index contributed by atoms with van der Waals surface area (Å²) in [6.07, 6.45) is 0. The van der Waals surface area contributed by atoms with Crippen molar-refractivity contribution in [2.75, 3.05) is 10.0 Å². The van der Waals surface area contributed by atoms with Crippen LogP contribution in [0.4, 0.5) is 11.4 Å². The van der Waals surface area contributed by atoms with Gasteiger partial charge in [-0.1, -0.05) is 40.9 Å². The van der Waals surface area contributed by atoms with Gasteiger partial charge in [0.2, 0.25) is 0 Å². The molecule has 0 unspecified atom stereocenters. The molecule has 3 aromatic rings. The van der Waals surface area contributed by atoms with E-state index in [9.17, 15) is 13.2 Å². The van der Waals surface area contributed by atoms with Gasteiger partial charge in [0.15, 0.2) is 0 Å². The maximum atomic E-state index is 12.6. The lowest BCUT2D eigenvalue weighted by molar-refractivity contribution is 0.103. The van der Waals surface area contributed by atoms with Crippen LogP contribution in [0.15, 0.2) is 58.8 Å². The highest BCUT2D eigenvalue weighted by molar-refractivity contribution is 7.92. The number of hydrogen-bond acceptors (Lipinski definition) is 4. The van der Waals surface area contributed by atoms with Gasteiger partial charge in [0, 0.05) is 10.7 Å². The third-order valence-corrected chi connectivity index (χ3v) is 6.65. The van der Waals surface area contributed by atoms with E-state index in [1.54, 1.807) is 29.6 Å². The lowest BCUT2D eigenvalue weighted by atomic mass is 10.3. The average Bonchev–Trinajstić information content (AvgIpc) is 3.04. The van der Waals surface area contributed by atoms with Crippen LogP contribution in [0, 0.1) is 0 Å². The zero-order valence-corrected chi connectivity index (χ0v) is 17.3. The van der Waals surface area contributed by atoms with Crippen LogP contribution in [0.25, 0.3) is 0 Å². The van der Waals surface area contributed by atoms with E-state index < -0.39 is 15.9 Å². The normalized spacial score (nSPS) is 11.2. The number of carbonyl (C=O) groups is 1. The molecule has 0 bridgehead atoms. The van der Waals surface area contributed by atoms with Crippen molar-refractivity contribution >= 4 is 73.4 Å². The van der Waals surface area contributed by atoms with Crippen LogP contribution in [-0.4, -0.2) is 14.3 Å². The molecule has 1 heterocycles. The Balaban J connectivity index is 1.84. The first kappa shape index (κ1) is 20.0. The summed E-state index contributed by atoms with van der Waals surface area (Å²) in [5.41, 5.74) is 0.657. The lowest BCUT2D eigenvalue weighted by Crippen LogP contribution is -2.17. The van der Waals surface area contributed by atoms with Crippen LogP contribution in [-0.2, 0) is 10.0 Å². The number of carbonyl (C=O) groups excluding carboxylic acids is 1. The number of halogens is 3. The zero-order chi connectivity index (χ0) is 19.6. The quantitative estimate of drug-likeness (QED) is 0.507. The summed E-state index contributed by atoms with van der Waals surface area (Å²) in [5.74, 6) is -0.459. The fourth-order valence-electron chi connectivity index (χ4n) is 2.17. The van der Waals surface area contributed by atoms with Crippen LogP contribution >= 0.6 is 46.1 Å². The Hall–Kier alpha value is -1.77. The predicted molar refractivity (Wildman–Crippen MR) is 111 cm³/mol. The summed E-state index contributed by atoms with van der Waals surface area (Å²) in [7, 11) is -3.95. The van der Waals surface area contributed by atoms with Gasteiger partial charge < -0.3 is 5.32 Å². The maximum absolute atomic E-state index is 12.6. The van der Waals surface area contributed by atoms with E-state index in [2.05, 4.69) is 10.0 Å². The van der Waals surface area contributed by atoms with Gasteiger partial charge in [-0.25, -0.2) is 8.42 Å². The molecule has 0 aliphatic heterocycles. The molecule has 1 amide bonds. The van der Waals surface area contributed by atoms with Crippen LogP contribution in [0.5, 0.6) is 0 Å². The molecule has 0 saturated heterocycles. The minimum atomic E-state index is -3.95. The highest BCUT2D eigenvalue weighted by Gasteiger charge is 2.21. The molecule has 5 nitrogen and oxygen atoms in total. The van der Waals surface area contributed by atoms with Gasteiger partial charge in [-0.3, -0.25) is 9.52 Å². The van der Waals surface area contributed by atoms with Gasteiger partial charge in [0.1, 0.15) is 4.88 Å². The molecule has 0 aliphatic carbocycles. The van der Waals surface area contributed by atoms with E-state index in [0.717, 1.165) is 11.3 Å². The number of anilines is 2. The van der Waals surface area contributed by atoms with Crippen molar-refractivity contribution in [1.29, 1.82) is 0 Å². The zero-order valence-electron chi connectivity index (χ0n) is 13.4. The fourth-order valence-corrected chi connectivity index (χ4v) is 4.63. The van der Waals surface area contributed by atoms with Gasteiger partial charge in [0.05, 0.1) is 20.6 Å². The van der Waals surface area contributed by atoms with Gasteiger partial charge in [-0.15, -0.1) is 11.3 Å². The molecule has 1 aromatic heterocycles. The number of rotatable bonds is 5. The smallest absolute Gasteiger partial charge is 0.267 e. The molecule has 27 heavy (non-hydrogen) atoms. The Morgan fingerprint density at radius 3 is 2.44 bits per heavy atom. The van der Waals surface area contributed by atoms with Crippen molar-refractivity contribution in [1.82, 2.24) is 0 Å². The highest BCUT2D eigenvalue weighted by atomic mass is 35.5. The number of amides is 1. The Kier molecular flexibility index (Phi) is 5.98. The van der Waals surface area contributed by atoms with Crippen molar-refractivity contribution in [3.05, 3.63) is 73.9 Å². The number of benzene rings is 2. The van der Waals surface area contributed by atoms with Gasteiger partial charge in [-0.2, -0.15) is 0 Å². The van der Waals surface area contributed by atoms with Crippen LogP contribution in [0.2, 0.25) is 15.1 Å². The molecule has 2 aromatic carbocycles. The Bertz CT molecular complexity index is 1110. The van der Waals surface area contributed by atoms with E-state index in [0.29, 0.717) is 10.7 Å². The van der Waals surface area contributed by atoms with Crippen molar-refractivity contribution < 1.29 is 13.2 Å². The Morgan fingerprint density at radius 1 is 0.963 bits per heavy atom. The van der Waals surface area contributed by atoms with Crippen molar-refractivity contribution in [2.45, 2.75) is 4.90 Å². The fraction of sp³-hybridized carbons (Fsp3) is 0. The van der Waals surface area contributed by atoms with Crippen LogP contribution in [0.3, 0.4) is 0 Å². The first-order chi connectivity index (χ1) is 12.8. The molecule has 140 valence electrons. The third-order valence-electron chi connectivity index (χ3n) is 3.40. The second-order valence-electron chi connectivity index (χ2n) is 5.31. The molecular formula is C17H11Cl3N2O3S2. The van der Waals surface area contributed by atoms with Gasteiger partial charge in [0.25, 0.3) is 15.9 Å². The molecule has 0 spiro atoms. The summed E-state index contributed by atoms with van der Waals surface area (Å²) in [6.45, 7) is 0. The summed E-state index contributed by atoms with van der Waals surface area (Å²) < 4.78 is 27.6. The second kappa shape index (κ2) is 8.08. The van der Waals surface area contributed by atoms with Crippen molar-refractivity contribution in [3.63, 3.8) is 0 Å². The topological polar surface area (TPSA) is 75.3 Å². The molecule has 2 N–H and O–H groups in total. The SMILES string of the molecule is O=C(Nc1cccc(Cl)c1)c1sccc1NS(=O)(=O)c1ccc(Cl)c(Cl)c1. The van der Waals surface area contributed by atoms with Crippen molar-refractivity contribution in [3.8, 4) is 0 Å². The van der Waals surface area contributed by atoms with E-state index in [1.807, 2.05) is 0 Å². The number of nitrogens with one attached hydrogen (secondary N) is 2. The molecular weight excluding hydrogens is 451 g/mol. The molecule has 0 atom stereocenters. The molecule has 0 fully saturated rings. The third kappa shape index (κ3) is 4.75. The first-order valence-electron chi connectivity index (χ1n) is 7.38. The molecule has 10 heteroatoms. The molecule has 3 rings (SSSR count). The Morgan fingerprint density at radius 2 is 1.74 bits per heavy atom. The largest absolute Gasteiger partial charge is 0.321 e. The molecule has 0 saturated carbocycles. The number of thiophene rings is 1. The van der Waals surface area contributed by atoms with E-state index in [-0.39, 0.29) is 25.5 Å². The lowest BCUT2D eigenvalue weighted by Gasteiger charge is -2.10. The summed E-state index contributed by atoms with van der Waals surface area (Å²) in [5, 5.41) is 5.12. The minimum Gasteiger partial charge on any atom is -0.321 e. The number of hydrogen-bond donors (Lipinski definition) is 2. The van der Waals surface area contributed by atoms with Crippen LogP contribution in [0.1, 0.15) is 9.67 Å². The van der Waals surface area contributed by atoms with Crippen molar-refractivity contribution in [2.24, 2.45) is 0 Å². The number of sulfonamides is 1. The predicted octanol–water partition coefficient (Wildman–Crippen LogP) is 5.76. The molecule has 0 radical (unpaired) electrons. The van der Waals surface area contributed by atoms with Crippen LogP contribution < -0.4 is 10.0 Å². The second-order valence-corrected chi connectivity index (χ2v) is 9.16. The summed E-state index contributed by atoms with van der Waals surface area (Å²) in [6, 6.07) is 12.1. The van der Waals surface area contributed by atoms with Gasteiger partial charge >= 0.3 is 0 Å². The van der Waals surface area contributed by atoms with E-state index in [1.165, 1.54) is 24.3 Å². The Labute approximate surface area is 174 Å². The average molecular weight is 462 g/mol. The monoisotopic (exact) mass is 460 g/mol. The molecule has 0 aliphatic rings. The van der Waals surface area contributed by atoms with E-state index in [4.69, 9.17) is 34.8 Å².